The van der Waals surface area contributed by atoms with Crippen molar-refractivity contribution >= 4 is 23.7 Å². The van der Waals surface area contributed by atoms with Crippen LogP contribution in [0.15, 0.2) is 0 Å². The third kappa shape index (κ3) is 4.80. The summed E-state index contributed by atoms with van der Waals surface area (Å²) in [4.78, 5) is 46.4. The number of carbonyl (C=O) groups excluding carboxylic acids is 3. The predicted octanol–water partition coefficient (Wildman–Crippen LogP) is -2.23. The Balaban J connectivity index is 2.51. The van der Waals surface area contributed by atoms with Crippen LogP contribution in [0.5, 0.6) is 0 Å². The zero-order valence-electron chi connectivity index (χ0n) is 11.6. The number of hydrogen-bond donors (Lipinski definition) is 4. The summed E-state index contributed by atoms with van der Waals surface area (Å²) in [6.45, 7) is -0.194. The van der Waals surface area contributed by atoms with Crippen LogP contribution in [0.3, 0.4) is 0 Å². The number of carbonyl (C=O) groups is 4. The number of hydrogen-bond acceptors (Lipinski definition) is 6. The molecule has 0 aromatic carbocycles. The number of likely N-dealkylation sites (tertiary alicyclic amines) is 1. The molecule has 0 aromatic heterocycles. The van der Waals surface area contributed by atoms with Crippen LogP contribution in [0.4, 0.5) is 0 Å². The van der Waals surface area contributed by atoms with Gasteiger partial charge in [-0.2, -0.15) is 0 Å². The van der Waals surface area contributed by atoms with E-state index in [4.69, 9.17) is 16.6 Å². The Labute approximate surface area is 121 Å². The Morgan fingerprint density at radius 2 is 2.05 bits per heavy atom. The van der Waals surface area contributed by atoms with Crippen molar-refractivity contribution < 1.29 is 24.3 Å². The first-order valence-corrected chi connectivity index (χ1v) is 6.68. The Morgan fingerprint density at radius 1 is 1.38 bits per heavy atom. The third-order valence-corrected chi connectivity index (χ3v) is 3.16. The Hall–Kier alpha value is -2.00. The van der Waals surface area contributed by atoms with Crippen LogP contribution in [-0.2, 0) is 19.2 Å². The Kier molecular flexibility index (Phi) is 6.25. The standard InChI is InChI=1S/C12H20N4O5/c13-4-2-1-3-7(14)11(20)15-8-5-9(17)16(12(8)21)6-10(18)19/h7-8H,1-6,13-14H2,(H,15,20)(H,18,19)/t7-,8-/m0/s1. The van der Waals surface area contributed by atoms with Crippen LogP contribution in [0.25, 0.3) is 0 Å². The molecule has 6 N–H and O–H groups in total. The van der Waals surface area contributed by atoms with Crippen LogP contribution in [0, 0.1) is 0 Å². The van der Waals surface area contributed by atoms with Gasteiger partial charge in [0.25, 0.3) is 5.91 Å². The number of aliphatic carboxylic acids is 1. The highest BCUT2D eigenvalue weighted by atomic mass is 16.4. The van der Waals surface area contributed by atoms with Gasteiger partial charge in [0.15, 0.2) is 0 Å². The van der Waals surface area contributed by atoms with Crippen molar-refractivity contribution in [1.82, 2.24) is 10.2 Å². The highest BCUT2D eigenvalue weighted by Gasteiger charge is 2.40. The summed E-state index contributed by atoms with van der Waals surface area (Å²) in [6.07, 6.45) is 1.62. The molecule has 118 valence electrons. The fraction of sp³-hybridized carbons (Fsp3) is 0.667. The second kappa shape index (κ2) is 7.70. The molecule has 1 aliphatic heterocycles. The molecule has 0 unspecified atom stereocenters. The van der Waals surface area contributed by atoms with Crippen LogP contribution >= 0.6 is 0 Å². The third-order valence-electron chi connectivity index (χ3n) is 3.16. The summed E-state index contributed by atoms with van der Waals surface area (Å²) < 4.78 is 0. The second-order valence-corrected chi connectivity index (χ2v) is 4.87. The summed E-state index contributed by atoms with van der Waals surface area (Å²) >= 11 is 0. The van der Waals surface area contributed by atoms with Crippen LogP contribution in [0.2, 0.25) is 0 Å². The molecule has 21 heavy (non-hydrogen) atoms. The zero-order chi connectivity index (χ0) is 16.0. The summed E-state index contributed by atoms with van der Waals surface area (Å²) in [6, 6.07) is -1.82. The van der Waals surface area contributed by atoms with E-state index < -0.39 is 42.3 Å². The molecule has 1 fully saturated rings. The van der Waals surface area contributed by atoms with Gasteiger partial charge in [0.1, 0.15) is 12.6 Å². The minimum atomic E-state index is -1.29. The molecule has 1 aliphatic rings. The topological polar surface area (TPSA) is 156 Å². The van der Waals surface area contributed by atoms with E-state index in [1.54, 1.807) is 0 Å². The summed E-state index contributed by atoms with van der Waals surface area (Å²) in [5.41, 5.74) is 11.0. The van der Waals surface area contributed by atoms with Gasteiger partial charge < -0.3 is 21.9 Å². The Bertz CT molecular complexity index is 439. The number of carboxylic acids is 1. The van der Waals surface area contributed by atoms with Gasteiger partial charge in [0.2, 0.25) is 11.8 Å². The maximum absolute atomic E-state index is 11.8. The smallest absolute Gasteiger partial charge is 0.323 e. The van der Waals surface area contributed by atoms with E-state index in [9.17, 15) is 19.2 Å². The number of nitrogens with one attached hydrogen (secondary N) is 1. The molecule has 0 aromatic rings. The van der Waals surface area contributed by atoms with Crippen molar-refractivity contribution in [3.05, 3.63) is 0 Å². The first kappa shape index (κ1) is 17.1. The molecule has 1 saturated heterocycles. The summed E-state index contributed by atoms with van der Waals surface area (Å²) in [7, 11) is 0. The lowest BCUT2D eigenvalue weighted by molar-refractivity contribution is -0.148. The zero-order valence-corrected chi connectivity index (χ0v) is 11.6. The highest BCUT2D eigenvalue weighted by molar-refractivity contribution is 6.08. The van der Waals surface area contributed by atoms with Gasteiger partial charge in [-0.3, -0.25) is 24.1 Å². The number of nitrogens with zero attached hydrogens (tertiary/aromatic N) is 1. The number of nitrogens with two attached hydrogens (primary N) is 2. The van der Waals surface area contributed by atoms with Crippen LogP contribution < -0.4 is 16.8 Å². The van der Waals surface area contributed by atoms with Gasteiger partial charge in [-0.25, -0.2) is 0 Å². The summed E-state index contributed by atoms with van der Waals surface area (Å²) in [5.74, 6) is -3.16. The number of unbranched alkanes of at least 4 members (excludes halogenated alkanes) is 1. The largest absolute Gasteiger partial charge is 0.480 e. The minimum absolute atomic E-state index is 0.243. The van der Waals surface area contributed by atoms with Gasteiger partial charge in [-0.1, -0.05) is 6.42 Å². The van der Waals surface area contributed by atoms with Gasteiger partial charge in [-0.05, 0) is 19.4 Å². The number of imide groups is 1. The van der Waals surface area contributed by atoms with Crippen molar-refractivity contribution in [3.63, 3.8) is 0 Å². The molecule has 0 aliphatic carbocycles. The molecular weight excluding hydrogens is 280 g/mol. The number of carboxylic acid groups (broad SMARTS) is 1. The first-order chi connectivity index (χ1) is 9.86. The van der Waals surface area contributed by atoms with Crippen molar-refractivity contribution in [2.24, 2.45) is 11.5 Å². The molecule has 9 nitrogen and oxygen atoms in total. The predicted molar refractivity (Wildman–Crippen MR) is 71.8 cm³/mol. The second-order valence-electron chi connectivity index (χ2n) is 4.87. The van der Waals surface area contributed by atoms with E-state index in [1.165, 1.54) is 0 Å². The highest BCUT2D eigenvalue weighted by Crippen LogP contribution is 2.13. The molecule has 0 bridgehead atoms. The van der Waals surface area contributed by atoms with Gasteiger partial charge in [0, 0.05) is 0 Å². The van der Waals surface area contributed by atoms with Crippen LogP contribution in [0.1, 0.15) is 25.7 Å². The maximum Gasteiger partial charge on any atom is 0.323 e. The lowest BCUT2D eigenvalue weighted by Gasteiger charge is -2.16. The SMILES string of the molecule is NCCCC[C@H](N)C(=O)N[C@H]1CC(=O)N(CC(=O)O)C1=O. The molecule has 0 spiro atoms. The van der Waals surface area contributed by atoms with E-state index in [2.05, 4.69) is 5.32 Å². The van der Waals surface area contributed by atoms with Gasteiger partial charge >= 0.3 is 5.97 Å². The van der Waals surface area contributed by atoms with Crippen molar-refractivity contribution in [2.45, 2.75) is 37.8 Å². The molecular formula is C12H20N4O5. The molecule has 3 amide bonds. The van der Waals surface area contributed by atoms with E-state index in [0.29, 0.717) is 24.3 Å². The molecule has 1 heterocycles. The average molecular weight is 300 g/mol. The van der Waals surface area contributed by atoms with E-state index in [0.717, 1.165) is 6.42 Å². The molecule has 0 saturated carbocycles. The molecule has 9 heteroatoms. The molecule has 2 atom stereocenters. The van der Waals surface area contributed by atoms with E-state index >= 15 is 0 Å². The first-order valence-electron chi connectivity index (χ1n) is 6.68. The van der Waals surface area contributed by atoms with E-state index in [1.807, 2.05) is 0 Å². The lowest BCUT2D eigenvalue weighted by atomic mass is 10.1. The van der Waals surface area contributed by atoms with E-state index in [-0.39, 0.29) is 6.42 Å². The normalized spacial score (nSPS) is 19.7. The quantitative estimate of drug-likeness (QED) is 0.292. The number of rotatable bonds is 8. The lowest BCUT2D eigenvalue weighted by Crippen LogP contribution is -2.48. The average Bonchev–Trinajstić information content (AvgIpc) is 2.66. The molecule has 0 radical (unpaired) electrons. The summed E-state index contributed by atoms with van der Waals surface area (Å²) in [5, 5.41) is 11.0. The number of amides is 3. The fourth-order valence-electron chi connectivity index (χ4n) is 2.02. The van der Waals surface area contributed by atoms with Crippen molar-refractivity contribution in [3.8, 4) is 0 Å². The van der Waals surface area contributed by atoms with Crippen molar-refractivity contribution in [2.75, 3.05) is 13.1 Å². The van der Waals surface area contributed by atoms with Gasteiger partial charge in [0.05, 0.1) is 12.5 Å². The van der Waals surface area contributed by atoms with Crippen LogP contribution in [-0.4, -0.2) is 58.9 Å². The van der Waals surface area contributed by atoms with Gasteiger partial charge in [-0.15, -0.1) is 0 Å². The molecule has 1 rings (SSSR count). The van der Waals surface area contributed by atoms with Crippen molar-refractivity contribution in [1.29, 1.82) is 0 Å². The monoisotopic (exact) mass is 300 g/mol. The fourth-order valence-corrected chi connectivity index (χ4v) is 2.02. The minimum Gasteiger partial charge on any atom is -0.480 e. The maximum atomic E-state index is 11.8. The Morgan fingerprint density at radius 3 is 2.62 bits per heavy atom.